The van der Waals surface area contributed by atoms with Crippen molar-refractivity contribution < 1.29 is 67.4 Å². The van der Waals surface area contributed by atoms with E-state index in [1.807, 2.05) is 0 Å². The third kappa shape index (κ3) is 13.3. The van der Waals surface area contributed by atoms with Crippen molar-refractivity contribution in [3.8, 4) is 0 Å². The number of aliphatic imine (C=N–C) groups is 1. The van der Waals surface area contributed by atoms with Gasteiger partial charge in [0.05, 0.1) is 22.4 Å². The number of nitrogens with two attached hydrogens (primary N) is 1. The van der Waals surface area contributed by atoms with Gasteiger partial charge >= 0.3 is 24.5 Å². The molecule has 0 unspecified atom stereocenters. The minimum absolute atomic E-state index is 0.0426. The smallest absolute Gasteiger partial charge is 0.475 e. The van der Waals surface area contributed by atoms with Gasteiger partial charge in [0.25, 0.3) is 0 Å². The lowest BCUT2D eigenvalue weighted by Gasteiger charge is -2.25. The summed E-state index contributed by atoms with van der Waals surface area (Å²) in [6.07, 6.45) is -11.3. The molecule has 11 nitrogen and oxygen atoms in total. The van der Waals surface area contributed by atoms with Crippen LogP contribution in [-0.2, 0) is 43.2 Å². The molecule has 0 heterocycles. The van der Waals surface area contributed by atoms with Gasteiger partial charge in [-0.25, -0.2) is 22.5 Å². The first-order valence-corrected chi connectivity index (χ1v) is 16.7. The summed E-state index contributed by atoms with van der Waals surface area (Å²) in [5.74, 6) is -4.91. The molecule has 1 aliphatic carbocycles. The maximum absolute atomic E-state index is 13.4. The zero-order valence-electron chi connectivity index (χ0n) is 27.8. The number of aryl methyl sites for hydroxylation is 1. The molecular formula is C31H36F9N5O6S. The molecule has 1 saturated carbocycles. The Morgan fingerprint density at radius 2 is 1.44 bits per heavy atom. The number of aliphatic carboxylic acids is 1. The van der Waals surface area contributed by atoms with Crippen LogP contribution in [0.25, 0.3) is 0 Å². The standard InChI is InChI=1S/C29H35F6N5O4S.C2HF3O2/c1-17-9-10-22(45(43,44)40(2)3)16-23(17)37-26(42)24(13-18-7-5-4-6-8-18)38-27(36)39-25(41)14-19-11-20(28(30,31)32)15-21(12-19)29(33,34)35;3-2(4,5)1(6)7/h9-12,15-16,18,24H,4-8,13-14H2,1-3H3,(H,37,42)(H3,36,38,39,41);(H,6,7)/t24-;/m1./s1. The molecule has 0 radical (unpaired) electrons. The molecule has 3 rings (SSSR count). The first-order valence-electron chi connectivity index (χ1n) is 15.3. The lowest BCUT2D eigenvalue weighted by atomic mass is 9.84. The summed E-state index contributed by atoms with van der Waals surface area (Å²) in [5, 5.41) is 12.0. The summed E-state index contributed by atoms with van der Waals surface area (Å²) in [6.45, 7) is 1.66. The Kier molecular flexibility index (Phi) is 14.7. The van der Waals surface area contributed by atoms with E-state index in [0.717, 1.165) is 36.4 Å². The summed E-state index contributed by atoms with van der Waals surface area (Å²) in [5.41, 5.74) is 2.98. The van der Waals surface area contributed by atoms with E-state index < -0.39 is 81.4 Å². The van der Waals surface area contributed by atoms with E-state index >= 15 is 0 Å². The summed E-state index contributed by atoms with van der Waals surface area (Å²) < 4.78 is 137. The predicted molar refractivity (Wildman–Crippen MR) is 169 cm³/mol. The van der Waals surface area contributed by atoms with Crippen LogP contribution in [0.2, 0.25) is 0 Å². The van der Waals surface area contributed by atoms with Crippen molar-refractivity contribution in [1.29, 1.82) is 0 Å². The molecule has 1 aliphatic rings. The minimum Gasteiger partial charge on any atom is -0.475 e. The predicted octanol–water partition coefficient (Wildman–Crippen LogP) is 5.87. The van der Waals surface area contributed by atoms with Gasteiger partial charge in [-0.1, -0.05) is 38.2 Å². The third-order valence-electron chi connectivity index (χ3n) is 7.65. The topological polar surface area (TPSA) is 171 Å². The van der Waals surface area contributed by atoms with E-state index in [0.29, 0.717) is 17.7 Å². The number of hydrogen-bond donors (Lipinski definition) is 4. The number of carbonyl (C=O) groups is 3. The number of hydrogen-bond acceptors (Lipinski definition) is 6. The van der Waals surface area contributed by atoms with E-state index in [-0.39, 0.29) is 29.0 Å². The summed E-state index contributed by atoms with van der Waals surface area (Å²) in [7, 11) is -1.09. The molecule has 0 bridgehead atoms. The first kappa shape index (κ1) is 43.8. The van der Waals surface area contributed by atoms with Crippen LogP contribution >= 0.6 is 0 Å². The number of carbonyl (C=O) groups excluding carboxylic acids is 2. The van der Waals surface area contributed by atoms with Crippen LogP contribution < -0.4 is 16.4 Å². The Balaban J connectivity index is 0.00000121. The zero-order chi connectivity index (χ0) is 39.8. The van der Waals surface area contributed by atoms with Gasteiger partial charge in [-0.2, -0.15) is 39.5 Å². The lowest BCUT2D eigenvalue weighted by molar-refractivity contribution is -0.192. The number of sulfonamides is 1. The number of carboxylic acid groups (broad SMARTS) is 1. The Morgan fingerprint density at radius 1 is 0.923 bits per heavy atom. The minimum atomic E-state index is -5.08. The molecule has 1 atom stereocenters. The number of amides is 2. The van der Waals surface area contributed by atoms with E-state index in [1.54, 1.807) is 6.92 Å². The number of nitrogens with one attached hydrogen (secondary N) is 2. The molecule has 5 N–H and O–H groups in total. The van der Waals surface area contributed by atoms with E-state index in [9.17, 15) is 57.5 Å². The maximum atomic E-state index is 13.4. The average Bonchev–Trinajstić information content (AvgIpc) is 3.00. The highest BCUT2D eigenvalue weighted by Gasteiger charge is 2.38. The monoisotopic (exact) mass is 777 g/mol. The van der Waals surface area contributed by atoms with Crippen LogP contribution in [0.1, 0.15) is 60.8 Å². The molecule has 0 spiro atoms. The molecular weight excluding hydrogens is 741 g/mol. The average molecular weight is 778 g/mol. The van der Waals surface area contributed by atoms with Crippen LogP contribution in [-0.4, -0.2) is 67.9 Å². The number of benzene rings is 2. The number of carboxylic acids is 1. The van der Waals surface area contributed by atoms with Crippen LogP contribution in [0, 0.1) is 12.8 Å². The van der Waals surface area contributed by atoms with Gasteiger partial charge in [-0.05, 0) is 60.7 Å². The highest BCUT2D eigenvalue weighted by Crippen LogP contribution is 2.36. The van der Waals surface area contributed by atoms with Crippen molar-refractivity contribution in [3.05, 3.63) is 58.7 Å². The fourth-order valence-electron chi connectivity index (χ4n) is 4.97. The molecule has 0 aliphatic heterocycles. The number of halogens is 9. The van der Waals surface area contributed by atoms with E-state index in [1.165, 1.54) is 32.3 Å². The summed E-state index contributed by atoms with van der Waals surface area (Å²) in [4.78, 5) is 39.1. The van der Waals surface area contributed by atoms with Gasteiger partial charge in [-0.3, -0.25) is 14.9 Å². The Morgan fingerprint density at radius 3 is 1.90 bits per heavy atom. The number of guanidine groups is 1. The fourth-order valence-corrected chi connectivity index (χ4v) is 5.90. The molecule has 290 valence electrons. The summed E-state index contributed by atoms with van der Waals surface area (Å²) in [6, 6.07) is 3.92. The van der Waals surface area contributed by atoms with Gasteiger partial charge in [0.15, 0.2) is 5.96 Å². The van der Waals surface area contributed by atoms with Crippen molar-refractivity contribution in [2.45, 2.75) is 81.3 Å². The molecule has 21 heteroatoms. The first-order chi connectivity index (χ1) is 23.7. The molecule has 2 amide bonds. The van der Waals surface area contributed by atoms with Gasteiger partial charge < -0.3 is 16.2 Å². The number of alkyl halides is 9. The lowest BCUT2D eigenvalue weighted by Crippen LogP contribution is -2.40. The highest BCUT2D eigenvalue weighted by atomic mass is 32.2. The summed E-state index contributed by atoms with van der Waals surface area (Å²) >= 11 is 0. The highest BCUT2D eigenvalue weighted by molar-refractivity contribution is 7.89. The second-order valence-electron chi connectivity index (χ2n) is 12.0. The van der Waals surface area contributed by atoms with Gasteiger partial charge in [0.2, 0.25) is 21.8 Å². The Labute approximate surface area is 292 Å². The number of rotatable bonds is 9. The SMILES string of the molecule is Cc1ccc(S(=O)(=O)N(C)C)cc1NC(=O)[C@@H](CC1CCCCC1)N=C(N)NC(=O)Cc1cc(C(F)(F)F)cc(C(F)(F)F)c1.O=C(O)C(F)(F)F. The maximum Gasteiger partial charge on any atom is 0.490 e. The van der Waals surface area contributed by atoms with Crippen LogP contribution in [0.4, 0.5) is 45.2 Å². The van der Waals surface area contributed by atoms with Crippen molar-refractivity contribution in [2.24, 2.45) is 16.6 Å². The Bertz CT molecular complexity index is 1710. The molecule has 1 fully saturated rings. The van der Waals surface area contributed by atoms with Crippen LogP contribution in [0.3, 0.4) is 0 Å². The van der Waals surface area contributed by atoms with Crippen molar-refractivity contribution in [3.63, 3.8) is 0 Å². The second-order valence-corrected chi connectivity index (χ2v) is 14.1. The quantitative estimate of drug-likeness (QED) is 0.140. The molecule has 2 aromatic rings. The molecule has 2 aromatic carbocycles. The number of anilines is 1. The third-order valence-corrected chi connectivity index (χ3v) is 9.46. The van der Waals surface area contributed by atoms with E-state index in [4.69, 9.17) is 15.6 Å². The van der Waals surface area contributed by atoms with Crippen molar-refractivity contribution in [1.82, 2.24) is 9.62 Å². The molecule has 52 heavy (non-hydrogen) atoms. The molecule has 0 aromatic heterocycles. The largest absolute Gasteiger partial charge is 0.490 e. The van der Waals surface area contributed by atoms with Gasteiger partial charge in [0.1, 0.15) is 6.04 Å². The van der Waals surface area contributed by atoms with Gasteiger partial charge in [0, 0.05) is 19.8 Å². The second kappa shape index (κ2) is 17.4. The fraction of sp³-hybridized carbons (Fsp3) is 0.484. The molecule has 0 saturated heterocycles. The van der Waals surface area contributed by atoms with Crippen molar-refractivity contribution in [2.75, 3.05) is 19.4 Å². The number of nitrogens with zero attached hydrogens (tertiary/aromatic N) is 2. The van der Waals surface area contributed by atoms with E-state index in [2.05, 4.69) is 15.6 Å². The van der Waals surface area contributed by atoms with Crippen LogP contribution in [0.15, 0.2) is 46.3 Å². The normalized spacial score (nSPS) is 15.4. The van der Waals surface area contributed by atoms with Gasteiger partial charge in [-0.15, -0.1) is 0 Å². The zero-order valence-corrected chi connectivity index (χ0v) is 28.7. The van der Waals surface area contributed by atoms with Crippen LogP contribution in [0.5, 0.6) is 0 Å². The Hall–Kier alpha value is -4.40. The van der Waals surface area contributed by atoms with Crippen molar-refractivity contribution >= 4 is 39.5 Å².